The number of hydrogen-bond acceptors (Lipinski definition) is 3. The molecule has 6 heteroatoms. The summed E-state index contributed by atoms with van der Waals surface area (Å²) in [6, 6.07) is 0. The van der Waals surface area contributed by atoms with E-state index in [0.717, 1.165) is 0 Å². The zero-order valence-corrected chi connectivity index (χ0v) is 12.4. The summed E-state index contributed by atoms with van der Waals surface area (Å²) in [6.07, 6.45) is 1.06. The van der Waals surface area contributed by atoms with Crippen LogP contribution in [0.3, 0.4) is 0 Å². The Kier molecular flexibility index (Phi) is 6.83. The molecule has 0 heterocycles. The van der Waals surface area contributed by atoms with Crippen LogP contribution in [-0.4, -0.2) is 41.8 Å². The molecule has 0 spiro atoms. The predicted molar refractivity (Wildman–Crippen MR) is 76.1 cm³/mol. The second kappa shape index (κ2) is 7.31. The molecule has 0 radical (unpaired) electrons. The van der Waals surface area contributed by atoms with E-state index in [0.29, 0.717) is 19.4 Å². The first kappa shape index (κ1) is 16.8. The van der Waals surface area contributed by atoms with E-state index in [1.807, 2.05) is 20.8 Å². The number of hydrogen-bond donors (Lipinski definition) is 2. The van der Waals surface area contributed by atoms with Crippen LogP contribution in [0, 0.1) is 5.41 Å². The maximum absolute atomic E-state index is 12.1. The topological polar surface area (TPSA) is 75.4 Å². The van der Waals surface area contributed by atoms with Crippen LogP contribution < -0.4 is 11.1 Å². The number of thiocarbonyl (C=S) groups is 1. The third kappa shape index (κ3) is 3.66. The molecule has 2 amide bonds. The average molecular weight is 273 g/mol. The largest absolute Gasteiger partial charge is 0.392 e. The second-order valence-electron chi connectivity index (χ2n) is 4.24. The molecule has 0 aliphatic heterocycles. The van der Waals surface area contributed by atoms with Gasteiger partial charge in [0.05, 0.1) is 16.9 Å². The lowest BCUT2D eigenvalue weighted by molar-refractivity contribution is -0.134. The SMILES string of the molecule is CCN(C)C(=O)CNC(=O)C(CC)(CC)C(N)=S. The Bertz CT molecular complexity index is 327. The van der Waals surface area contributed by atoms with Crippen LogP contribution in [0.15, 0.2) is 0 Å². The van der Waals surface area contributed by atoms with Gasteiger partial charge in [-0.1, -0.05) is 26.1 Å². The highest BCUT2D eigenvalue weighted by atomic mass is 32.1. The monoisotopic (exact) mass is 273 g/mol. The van der Waals surface area contributed by atoms with E-state index in [1.54, 1.807) is 11.9 Å². The zero-order valence-electron chi connectivity index (χ0n) is 11.6. The van der Waals surface area contributed by atoms with Crippen LogP contribution >= 0.6 is 12.2 Å². The van der Waals surface area contributed by atoms with Crippen LogP contribution in [0.1, 0.15) is 33.6 Å². The molecule has 104 valence electrons. The Labute approximate surface area is 114 Å². The van der Waals surface area contributed by atoms with Gasteiger partial charge in [-0.05, 0) is 19.8 Å². The summed E-state index contributed by atoms with van der Waals surface area (Å²) in [5, 5.41) is 2.62. The molecule has 0 bridgehead atoms. The summed E-state index contributed by atoms with van der Waals surface area (Å²) in [7, 11) is 1.69. The molecular formula is C12H23N3O2S. The van der Waals surface area contributed by atoms with E-state index < -0.39 is 5.41 Å². The Balaban J connectivity index is 4.65. The van der Waals surface area contributed by atoms with Gasteiger partial charge in [0.1, 0.15) is 0 Å². The van der Waals surface area contributed by atoms with E-state index in [-0.39, 0.29) is 23.3 Å². The lowest BCUT2D eigenvalue weighted by Crippen LogP contribution is -2.50. The quantitative estimate of drug-likeness (QED) is 0.669. The van der Waals surface area contributed by atoms with E-state index in [1.165, 1.54) is 0 Å². The van der Waals surface area contributed by atoms with Crippen LogP contribution in [-0.2, 0) is 9.59 Å². The zero-order chi connectivity index (χ0) is 14.3. The fourth-order valence-electron chi connectivity index (χ4n) is 1.67. The van der Waals surface area contributed by atoms with Crippen molar-refractivity contribution in [2.75, 3.05) is 20.1 Å². The molecule has 3 N–H and O–H groups in total. The first-order chi connectivity index (χ1) is 8.35. The Morgan fingerprint density at radius 2 is 1.78 bits per heavy atom. The molecule has 0 saturated heterocycles. The van der Waals surface area contributed by atoms with E-state index >= 15 is 0 Å². The minimum absolute atomic E-state index is 0.0203. The molecule has 0 rings (SSSR count). The van der Waals surface area contributed by atoms with E-state index in [9.17, 15) is 9.59 Å². The highest BCUT2D eigenvalue weighted by Gasteiger charge is 2.38. The van der Waals surface area contributed by atoms with Crippen molar-refractivity contribution in [2.45, 2.75) is 33.6 Å². The summed E-state index contributed by atoms with van der Waals surface area (Å²) in [4.78, 5) is 25.5. The van der Waals surface area contributed by atoms with Crippen molar-refractivity contribution in [3.8, 4) is 0 Å². The molecular weight excluding hydrogens is 250 g/mol. The maximum Gasteiger partial charge on any atom is 0.241 e. The first-order valence-corrected chi connectivity index (χ1v) is 6.58. The van der Waals surface area contributed by atoms with Gasteiger partial charge in [-0.2, -0.15) is 0 Å². The van der Waals surface area contributed by atoms with Crippen LogP contribution in [0.5, 0.6) is 0 Å². The highest BCUT2D eigenvalue weighted by molar-refractivity contribution is 7.80. The molecule has 0 aliphatic rings. The Hall–Kier alpha value is -1.17. The number of rotatable bonds is 7. The summed E-state index contributed by atoms with van der Waals surface area (Å²) < 4.78 is 0. The van der Waals surface area contributed by atoms with Crippen molar-refractivity contribution in [2.24, 2.45) is 11.1 Å². The molecule has 0 aromatic carbocycles. The number of carbonyl (C=O) groups is 2. The van der Waals surface area contributed by atoms with E-state index in [4.69, 9.17) is 18.0 Å². The number of nitrogens with one attached hydrogen (secondary N) is 1. The fraction of sp³-hybridized carbons (Fsp3) is 0.750. The maximum atomic E-state index is 12.1. The Morgan fingerprint density at radius 3 is 2.11 bits per heavy atom. The number of amides is 2. The van der Waals surface area contributed by atoms with Gasteiger partial charge in [0.25, 0.3) is 0 Å². The summed E-state index contributed by atoms with van der Waals surface area (Å²) >= 11 is 4.98. The standard InChI is InChI=1S/C12H23N3O2S/c1-5-12(6-2,10(13)18)11(17)14-8-9(16)15(4)7-3/h5-8H2,1-4H3,(H2,13,18)(H,14,17). The molecule has 0 unspecified atom stereocenters. The van der Waals surface area contributed by atoms with Crippen LogP contribution in [0.4, 0.5) is 0 Å². The van der Waals surface area contributed by atoms with Crippen molar-refractivity contribution in [1.29, 1.82) is 0 Å². The summed E-state index contributed by atoms with van der Waals surface area (Å²) in [5.41, 5.74) is 4.81. The normalized spacial score (nSPS) is 10.9. The number of nitrogens with zero attached hydrogens (tertiary/aromatic N) is 1. The van der Waals surface area contributed by atoms with Crippen LogP contribution in [0.25, 0.3) is 0 Å². The molecule has 18 heavy (non-hydrogen) atoms. The van der Waals surface area contributed by atoms with Gasteiger partial charge in [-0.15, -0.1) is 0 Å². The van der Waals surface area contributed by atoms with Crippen molar-refractivity contribution in [3.63, 3.8) is 0 Å². The molecule has 5 nitrogen and oxygen atoms in total. The molecule has 0 aromatic rings. The minimum atomic E-state index is -0.847. The average Bonchev–Trinajstić information content (AvgIpc) is 2.36. The fourth-order valence-corrected chi connectivity index (χ4v) is 2.05. The van der Waals surface area contributed by atoms with E-state index in [2.05, 4.69) is 5.32 Å². The van der Waals surface area contributed by atoms with Gasteiger partial charge < -0.3 is 16.0 Å². The van der Waals surface area contributed by atoms with Gasteiger partial charge >= 0.3 is 0 Å². The minimum Gasteiger partial charge on any atom is -0.392 e. The van der Waals surface area contributed by atoms with Crippen molar-refractivity contribution >= 4 is 29.0 Å². The van der Waals surface area contributed by atoms with Crippen molar-refractivity contribution < 1.29 is 9.59 Å². The number of nitrogens with two attached hydrogens (primary N) is 1. The lowest BCUT2D eigenvalue weighted by Gasteiger charge is -2.29. The smallest absolute Gasteiger partial charge is 0.241 e. The molecule has 0 atom stereocenters. The predicted octanol–water partition coefficient (Wildman–Crippen LogP) is 0.673. The van der Waals surface area contributed by atoms with Gasteiger partial charge in [0.2, 0.25) is 11.8 Å². The number of likely N-dealkylation sites (N-methyl/N-ethyl adjacent to an activating group) is 1. The van der Waals surface area contributed by atoms with Gasteiger partial charge in [0.15, 0.2) is 0 Å². The summed E-state index contributed by atoms with van der Waals surface area (Å²) in [5.74, 6) is -0.396. The molecule has 0 aliphatic carbocycles. The van der Waals surface area contributed by atoms with Gasteiger partial charge in [0, 0.05) is 13.6 Å². The van der Waals surface area contributed by atoms with Gasteiger partial charge in [-0.3, -0.25) is 9.59 Å². The molecule has 0 saturated carbocycles. The molecule has 0 fully saturated rings. The third-order valence-electron chi connectivity index (χ3n) is 3.41. The van der Waals surface area contributed by atoms with Crippen LogP contribution in [0.2, 0.25) is 0 Å². The first-order valence-electron chi connectivity index (χ1n) is 6.17. The second-order valence-corrected chi connectivity index (χ2v) is 4.68. The van der Waals surface area contributed by atoms with Gasteiger partial charge in [-0.25, -0.2) is 0 Å². The molecule has 0 aromatic heterocycles. The lowest BCUT2D eigenvalue weighted by atomic mass is 9.81. The van der Waals surface area contributed by atoms with Crippen molar-refractivity contribution in [3.05, 3.63) is 0 Å². The third-order valence-corrected chi connectivity index (χ3v) is 3.80. The Morgan fingerprint density at radius 1 is 1.28 bits per heavy atom. The summed E-state index contributed by atoms with van der Waals surface area (Å²) in [6.45, 7) is 6.19. The number of carbonyl (C=O) groups excluding carboxylic acids is 2. The highest BCUT2D eigenvalue weighted by Crippen LogP contribution is 2.26. The van der Waals surface area contributed by atoms with Crippen molar-refractivity contribution in [1.82, 2.24) is 10.2 Å².